The maximum Gasteiger partial charge on any atom is 0.317 e. The highest BCUT2D eigenvalue weighted by Crippen LogP contribution is 2.15. The number of likely N-dealkylation sites (tertiary alicyclic amines) is 1. The Morgan fingerprint density at radius 1 is 1.40 bits per heavy atom. The molecule has 0 aliphatic carbocycles. The number of piperidine rings is 1. The molecular weight excluding hydrogens is 250 g/mol. The van der Waals surface area contributed by atoms with Gasteiger partial charge in [0.15, 0.2) is 0 Å². The zero-order chi connectivity index (χ0) is 15.0. The first-order valence-corrected chi connectivity index (χ1v) is 8.34. The lowest BCUT2D eigenvalue weighted by Gasteiger charge is -2.32. The molecule has 0 spiro atoms. The van der Waals surface area contributed by atoms with E-state index in [4.69, 9.17) is 0 Å². The van der Waals surface area contributed by atoms with Gasteiger partial charge >= 0.3 is 6.03 Å². The Labute approximate surface area is 124 Å². The van der Waals surface area contributed by atoms with E-state index in [-0.39, 0.29) is 12.1 Å². The maximum atomic E-state index is 12.2. The van der Waals surface area contributed by atoms with Gasteiger partial charge in [0, 0.05) is 19.1 Å². The first kappa shape index (κ1) is 17.3. The van der Waals surface area contributed by atoms with Crippen molar-refractivity contribution in [1.29, 1.82) is 0 Å². The SMILES string of the molecule is CCN(CC)CCCC(C)NC(=O)N1CCCC(C)C1. The normalized spacial score (nSPS) is 21.1. The summed E-state index contributed by atoms with van der Waals surface area (Å²) in [4.78, 5) is 16.6. The van der Waals surface area contributed by atoms with Gasteiger partial charge in [0.05, 0.1) is 0 Å². The Balaban J connectivity index is 2.20. The molecule has 20 heavy (non-hydrogen) atoms. The number of carbonyl (C=O) groups is 1. The molecule has 1 heterocycles. The Kier molecular flexibility index (Phi) is 7.97. The van der Waals surface area contributed by atoms with Crippen molar-refractivity contribution in [2.75, 3.05) is 32.7 Å². The lowest BCUT2D eigenvalue weighted by molar-refractivity contribution is 0.166. The van der Waals surface area contributed by atoms with Crippen LogP contribution in [0.2, 0.25) is 0 Å². The molecule has 0 aromatic rings. The maximum absolute atomic E-state index is 12.2. The van der Waals surface area contributed by atoms with Gasteiger partial charge in [-0.1, -0.05) is 20.8 Å². The van der Waals surface area contributed by atoms with Gasteiger partial charge in [-0.05, 0) is 58.2 Å². The van der Waals surface area contributed by atoms with Crippen LogP contribution in [0.15, 0.2) is 0 Å². The summed E-state index contributed by atoms with van der Waals surface area (Å²) in [6.45, 7) is 13.9. The largest absolute Gasteiger partial charge is 0.336 e. The van der Waals surface area contributed by atoms with Gasteiger partial charge in [0.1, 0.15) is 0 Å². The second-order valence-electron chi connectivity index (χ2n) is 6.21. The summed E-state index contributed by atoms with van der Waals surface area (Å²) in [5.74, 6) is 0.646. The third-order valence-corrected chi connectivity index (χ3v) is 4.32. The molecule has 2 unspecified atom stereocenters. The average molecular weight is 283 g/mol. The van der Waals surface area contributed by atoms with Crippen molar-refractivity contribution in [2.24, 2.45) is 5.92 Å². The second kappa shape index (κ2) is 9.22. The van der Waals surface area contributed by atoms with E-state index in [0.29, 0.717) is 5.92 Å². The Bertz CT molecular complexity index is 279. The van der Waals surface area contributed by atoms with Crippen molar-refractivity contribution in [2.45, 2.75) is 59.4 Å². The van der Waals surface area contributed by atoms with Gasteiger partial charge < -0.3 is 15.1 Å². The van der Waals surface area contributed by atoms with Gasteiger partial charge in [0.25, 0.3) is 0 Å². The number of rotatable bonds is 7. The summed E-state index contributed by atoms with van der Waals surface area (Å²) in [7, 11) is 0. The first-order chi connectivity index (χ1) is 9.56. The minimum absolute atomic E-state index is 0.131. The molecule has 0 aromatic carbocycles. The van der Waals surface area contributed by atoms with E-state index in [0.717, 1.165) is 52.0 Å². The summed E-state index contributed by atoms with van der Waals surface area (Å²) in [5, 5.41) is 3.15. The van der Waals surface area contributed by atoms with Gasteiger partial charge in [0.2, 0.25) is 0 Å². The fourth-order valence-corrected chi connectivity index (χ4v) is 2.91. The fourth-order valence-electron chi connectivity index (χ4n) is 2.91. The van der Waals surface area contributed by atoms with E-state index in [1.807, 2.05) is 4.90 Å². The molecule has 1 N–H and O–H groups in total. The van der Waals surface area contributed by atoms with Gasteiger partial charge in [-0.25, -0.2) is 4.79 Å². The Morgan fingerprint density at radius 2 is 2.10 bits per heavy atom. The number of nitrogens with one attached hydrogen (secondary N) is 1. The average Bonchev–Trinajstić information content (AvgIpc) is 2.43. The third kappa shape index (κ3) is 6.12. The quantitative estimate of drug-likeness (QED) is 0.780. The summed E-state index contributed by atoms with van der Waals surface area (Å²) in [5.41, 5.74) is 0. The van der Waals surface area contributed by atoms with Crippen molar-refractivity contribution in [3.05, 3.63) is 0 Å². The van der Waals surface area contributed by atoms with Gasteiger partial charge in [-0.2, -0.15) is 0 Å². The molecule has 1 aliphatic rings. The van der Waals surface area contributed by atoms with Crippen molar-refractivity contribution >= 4 is 6.03 Å². The van der Waals surface area contributed by atoms with Crippen LogP contribution < -0.4 is 5.32 Å². The molecule has 2 amide bonds. The van der Waals surface area contributed by atoms with Crippen LogP contribution in [0.4, 0.5) is 4.79 Å². The van der Waals surface area contributed by atoms with Crippen LogP contribution >= 0.6 is 0 Å². The molecule has 1 saturated heterocycles. The number of nitrogens with zero attached hydrogens (tertiary/aromatic N) is 2. The summed E-state index contributed by atoms with van der Waals surface area (Å²) in [6, 6.07) is 0.405. The smallest absolute Gasteiger partial charge is 0.317 e. The molecule has 4 nitrogen and oxygen atoms in total. The van der Waals surface area contributed by atoms with Crippen LogP contribution in [-0.2, 0) is 0 Å². The minimum atomic E-state index is 0.131. The fraction of sp³-hybridized carbons (Fsp3) is 0.938. The van der Waals surface area contributed by atoms with E-state index >= 15 is 0 Å². The lowest BCUT2D eigenvalue weighted by Crippen LogP contribution is -2.47. The standard InChI is InChI=1S/C16H33N3O/c1-5-18(6-2)11-8-10-15(4)17-16(20)19-12-7-9-14(3)13-19/h14-15H,5-13H2,1-4H3,(H,17,20). The predicted molar refractivity (Wildman–Crippen MR) is 85.0 cm³/mol. The topological polar surface area (TPSA) is 35.6 Å². The van der Waals surface area contributed by atoms with Crippen LogP contribution in [-0.4, -0.2) is 54.6 Å². The summed E-state index contributed by atoms with van der Waals surface area (Å²) >= 11 is 0. The van der Waals surface area contributed by atoms with E-state index < -0.39 is 0 Å². The van der Waals surface area contributed by atoms with Crippen LogP contribution in [0.1, 0.15) is 53.4 Å². The summed E-state index contributed by atoms with van der Waals surface area (Å²) < 4.78 is 0. The molecule has 1 fully saturated rings. The van der Waals surface area contributed by atoms with E-state index in [1.54, 1.807) is 0 Å². The molecular formula is C16H33N3O. The number of amides is 2. The Morgan fingerprint density at radius 3 is 2.70 bits per heavy atom. The Hall–Kier alpha value is -0.770. The molecule has 0 aromatic heterocycles. The molecule has 118 valence electrons. The summed E-state index contributed by atoms with van der Waals surface area (Å²) in [6.07, 6.45) is 4.61. The molecule has 1 rings (SSSR count). The van der Waals surface area contributed by atoms with Crippen LogP contribution in [0.3, 0.4) is 0 Å². The highest BCUT2D eigenvalue weighted by Gasteiger charge is 2.21. The molecule has 1 aliphatic heterocycles. The second-order valence-corrected chi connectivity index (χ2v) is 6.21. The third-order valence-electron chi connectivity index (χ3n) is 4.32. The molecule has 0 saturated carbocycles. The number of urea groups is 1. The highest BCUT2D eigenvalue weighted by molar-refractivity contribution is 5.74. The minimum Gasteiger partial charge on any atom is -0.336 e. The molecule has 2 atom stereocenters. The zero-order valence-electron chi connectivity index (χ0n) is 13.8. The number of hydrogen-bond acceptors (Lipinski definition) is 2. The van der Waals surface area contributed by atoms with Crippen molar-refractivity contribution in [3.8, 4) is 0 Å². The number of hydrogen-bond donors (Lipinski definition) is 1. The van der Waals surface area contributed by atoms with Crippen LogP contribution in [0, 0.1) is 5.92 Å². The van der Waals surface area contributed by atoms with Crippen molar-refractivity contribution in [1.82, 2.24) is 15.1 Å². The van der Waals surface area contributed by atoms with E-state index in [1.165, 1.54) is 6.42 Å². The lowest BCUT2D eigenvalue weighted by atomic mass is 10.0. The predicted octanol–water partition coefficient (Wildman–Crippen LogP) is 2.94. The van der Waals surface area contributed by atoms with Gasteiger partial charge in [-0.15, -0.1) is 0 Å². The monoisotopic (exact) mass is 283 g/mol. The molecule has 0 radical (unpaired) electrons. The van der Waals surface area contributed by atoms with Crippen molar-refractivity contribution < 1.29 is 4.79 Å². The molecule has 0 bridgehead atoms. The van der Waals surface area contributed by atoms with Crippen LogP contribution in [0.25, 0.3) is 0 Å². The van der Waals surface area contributed by atoms with Gasteiger partial charge in [-0.3, -0.25) is 0 Å². The van der Waals surface area contributed by atoms with E-state index in [2.05, 4.69) is 37.9 Å². The van der Waals surface area contributed by atoms with Crippen molar-refractivity contribution in [3.63, 3.8) is 0 Å². The zero-order valence-corrected chi connectivity index (χ0v) is 13.8. The van der Waals surface area contributed by atoms with E-state index in [9.17, 15) is 4.79 Å². The highest BCUT2D eigenvalue weighted by atomic mass is 16.2. The van der Waals surface area contributed by atoms with Crippen LogP contribution in [0.5, 0.6) is 0 Å². The molecule has 4 heteroatoms. The first-order valence-electron chi connectivity index (χ1n) is 8.34. The number of carbonyl (C=O) groups excluding carboxylic acids is 1.